The predicted molar refractivity (Wildman–Crippen MR) is 128 cm³/mol. The molecule has 48 heavy (non-hydrogen) atoms. The molecule has 23 heteroatoms. The van der Waals surface area contributed by atoms with Crippen LogP contribution in [0.1, 0.15) is 13.3 Å². The number of hydrogen-bond donors (Lipinski definition) is 0. The summed E-state index contributed by atoms with van der Waals surface area (Å²) in [5.41, 5.74) is 0.504. The summed E-state index contributed by atoms with van der Waals surface area (Å²) in [4.78, 5) is 8.16. The molecule has 0 aliphatic rings. The Labute approximate surface area is 260 Å². The van der Waals surface area contributed by atoms with Crippen molar-refractivity contribution in [2.45, 2.75) is 55.8 Å². The summed E-state index contributed by atoms with van der Waals surface area (Å²) in [6.07, 6.45) is -32.5. The van der Waals surface area contributed by atoms with Gasteiger partial charge in [0, 0.05) is 31.0 Å². The summed E-state index contributed by atoms with van der Waals surface area (Å²) in [5.74, 6) is -15.1. The maximum absolute atomic E-state index is 13.8. The summed E-state index contributed by atoms with van der Waals surface area (Å²) in [6, 6.07) is 6.04. The average molecular weight is 732 g/mol. The van der Waals surface area contributed by atoms with Crippen molar-refractivity contribution in [3.05, 3.63) is 36.7 Å². The molecule has 1 aromatic heterocycles. The topological polar surface area (TPSA) is 81.2 Å². The molecule has 0 fully saturated rings. The van der Waals surface area contributed by atoms with Crippen LogP contribution in [0.5, 0.6) is 11.5 Å². The number of nitrogens with zero attached hydrogens (tertiary/aromatic N) is 2. The zero-order chi connectivity index (χ0) is 36.7. The lowest BCUT2D eigenvalue weighted by atomic mass is 10.1. The Morgan fingerprint density at radius 1 is 0.604 bits per heavy atom. The highest BCUT2D eigenvalue weighted by atomic mass is 19.4. The van der Waals surface area contributed by atoms with E-state index in [2.05, 4.69) is 19.4 Å². The van der Waals surface area contributed by atoms with Crippen LogP contribution in [-0.4, -0.2) is 92.1 Å². The number of rotatable bonds is 20. The van der Waals surface area contributed by atoms with Crippen molar-refractivity contribution in [2.24, 2.45) is 0 Å². The van der Waals surface area contributed by atoms with Gasteiger partial charge in [0.15, 0.2) is 17.3 Å². The van der Waals surface area contributed by atoms with Crippen LogP contribution in [0, 0.1) is 0 Å². The monoisotopic (exact) mass is 732 g/mol. The third-order valence-corrected chi connectivity index (χ3v) is 5.41. The zero-order valence-corrected chi connectivity index (χ0v) is 23.9. The highest BCUT2D eigenvalue weighted by molar-refractivity contribution is 5.60. The Balaban J connectivity index is 1.97. The Bertz CT molecular complexity index is 1300. The summed E-state index contributed by atoms with van der Waals surface area (Å²) in [7, 11) is 0. The van der Waals surface area contributed by atoms with Gasteiger partial charge in [-0.3, -0.25) is 0 Å². The van der Waals surface area contributed by atoms with E-state index in [0.717, 1.165) is 0 Å². The van der Waals surface area contributed by atoms with Crippen LogP contribution in [-0.2, 0) is 18.9 Å². The number of halogens is 15. The Kier molecular flexibility index (Phi) is 13.2. The van der Waals surface area contributed by atoms with Gasteiger partial charge in [0.05, 0.1) is 19.8 Å². The molecule has 0 radical (unpaired) electrons. The highest BCUT2D eigenvalue weighted by Gasteiger charge is 2.85. The minimum absolute atomic E-state index is 0.0658. The molecule has 0 atom stereocenters. The van der Waals surface area contributed by atoms with Crippen molar-refractivity contribution >= 4 is 0 Å². The van der Waals surface area contributed by atoms with Crippen LogP contribution in [0.4, 0.5) is 65.9 Å². The van der Waals surface area contributed by atoms with Crippen molar-refractivity contribution < 1.29 is 94.3 Å². The molecular formula is C25H23F15N2O6. The van der Waals surface area contributed by atoms with E-state index >= 15 is 0 Å². The Morgan fingerprint density at radius 3 is 1.77 bits per heavy atom. The fraction of sp³-hybridized carbons (Fsp3) is 0.600. The van der Waals surface area contributed by atoms with E-state index in [1.807, 2.05) is 0 Å². The first kappa shape index (κ1) is 40.9. The van der Waals surface area contributed by atoms with E-state index < -0.39 is 55.7 Å². The van der Waals surface area contributed by atoms with Crippen molar-refractivity contribution in [1.29, 1.82) is 0 Å². The van der Waals surface area contributed by atoms with Gasteiger partial charge in [0.1, 0.15) is 13.2 Å². The van der Waals surface area contributed by atoms with Crippen molar-refractivity contribution in [2.75, 3.05) is 39.6 Å². The smallest absolute Gasteiger partial charge is 0.460 e. The van der Waals surface area contributed by atoms with E-state index in [4.69, 9.17) is 14.2 Å². The summed E-state index contributed by atoms with van der Waals surface area (Å²) < 4.78 is 221. The Hall–Kier alpha value is -3.31. The summed E-state index contributed by atoms with van der Waals surface area (Å²) in [5, 5.41) is 0. The van der Waals surface area contributed by atoms with Crippen molar-refractivity contribution in [3.8, 4) is 22.9 Å². The first-order valence-corrected chi connectivity index (χ1v) is 13.0. The maximum atomic E-state index is 13.8. The van der Waals surface area contributed by atoms with Crippen molar-refractivity contribution in [1.82, 2.24) is 9.97 Å². The van der Waals surface area contributed by atoms with E-state index in [-0.39, 0.29) is 37.7 Å². The van der Waals surface area contributed by atoms with E-state index in [1.165, 1.54) is 30.6 Å². The predicted octanol–water partition coefficient (Wildman–Crippen LogP) is 7.58. The van der Waals surface area contributed by atoms with Gasteiger partial charge in [-0.25, -0.2) is 19.4 Å². The number of benzene rings is 1. The SMILES string of the molecule is CCOCCOc1cc(-c2ncccn2)ccc1OCCCOCC(F)(F)OC(F)(F)C(F)(F)OC(F)(F)C(F)(F)C(F)(F)C(F)(F)F. The Morgan fingerprint density at radius 2 is 1.19 bits per heavy atom. The third kappa shape index (κ3) is 10.1. The van der Waals surface area contributed by atoms with Crippen LogP contribution in [0.15, 0.2) is 36.7 Å². The lowest BCUT2D eigenvalue weighted by Crippen LogP contribution is -2.64. The third-order valence-electron chi connectivity index (χ3n) is 5.41. The molecule has 0 aliphatic carbocycles. The molecule has 0 amide bonds. The van der Waals surface area contributed by atoms with Gasteiger partial charge < -0.3 is 18.9 Å². The maximum Gasteiger partial charge on any atom is 0.460 e. The fourth-order valence-corrected chi connectivity index (χ4v) is 3.14. The highest BCUT2D eigenvalue weighted by Crippen LogP contribution is 2.56. The summed E-state index contributed by atoms with van der Waals surface area (Å²) in [6.45, 7) is -1.04. The number of aromatic nitrogens is 2. The second-order valence-electron chi connectivity index (χ2n) is 9.07. The van der Waals surface area contributed by atoms with Crippen LogP contribution in [0.3, 0.4) is 0 Å². The van der Waals surface area contributed by atoms with Crippen LogP contribution < -0.4 is 9.47 Å². The minimum Gasteiger partial charge on any atom is -0.490 e. The van der Waals surface area contributed by atoms with E-state index in [1.54, 1.807) is 17.7 Å². The average Bonchev–Trinajstić information content (AvgIpc) is 2.96. The summed E-state index contributed by atoms with van der Waals surface area (Å²) >= 11 is 0. The van der Waals surface area contributed by atoms with Crippen LogP contribution in [0.2, 0.25) is 0 Å². The van der Waals surface area contributed by atoms with Gasteiger partial charge in [0.2, 0.25) is 0 Å². The van der Waals surface area contributed by atoms with Gasteiger partial charge in [-0.15, -0.1) is 0 Å². The van der Waals surface area contributed by atoms with Gasteiger partial charge in [-0.2, -0.15) is 65.9 Å². The molecule has 0 saturated heterocycles. The number of ether oxygens (including phenoxy) is 6. The zero-order valence-electron chi connectivity index (χ0n) is 23.9. The van der Waals surface area contributed by atoms with Crippen LogP contribution >= 0.6 is 0 Å². The molecule has 1 aromatic carbocycles. The standard InChI is InChI=1S/C25H23F15N2O6/c1-2-43-11-12-46-17-13-15(18-41-7-3-8-42-18)5-6-16(17)45-10-4-9-44-14-19(26,27)47-24(37,38)25(39,40)48-23(35,36)21(30,31)20(28,29)22(32,33)34/h3,5-8,13H,2,4,9-12,14H2,1H3. The molecular weight excluding hydrogens is 709 g/mol. The van der Waals surface area contributed by atoms with Crippen molar-refractivity contribution in [3.63, 3.8) is 0 Å². The number of hydrogen-bond acceptors (Lipinski definition) is 8. The molecule has 1 heterocycles. The minimum atomic E-state index is -7.93. The molecule has 2 aromatic rings. The fourth-order valence-electron chi connectivity index (χ4n) is 3.14. The van der Waals surface area contributed by atoms with E-state index in [9.17, 15) is 65.9 Å². The molecule has 2 rings (SSSR count). The first-order valence-electron chi connectivity index (χ1n) is 13.0. The molecule has 0 N–H and O–H groups in total. The van der Waals surface area contributed by atoms with Gasteiger partial charge >= 0.3 is 42.5 Å². The molecule has 0 saturated carbocycles. The molecule has 0 unspecified atom stereocenters. The molecule has 0 aliphatic heterocycles. The second-order valence-corrected chi connectivity index (χ2v) is 9.07. The van der Waals surface area contributed by atoms with E-state index in [0.29, 0.717) is 18.0 Å². The molecule has 274 valence electrons. The molecule has 8 nitrogen and oxygen atoms in total. The lowest BCUT2D eigenvalue weighted by molar-refractivity contribution is -0.543. The van der Waals surface area contributed by atoms with Gasteiger partial charge in [0.25, 0.3) is 0 Å². The first-order chi connectivity index (χ1) is 21.9. The number of alkyl halides is 15. The van der Waals surface area contributed by atoms with Crippen LogP contribution in [0.25, 0.3) is 11.4 Å². The van der Waals surface area contributed by atoms with Gasteiger partial charge in [-0.05, 0) is 31.2 Å². The lowest BCUT2D eigenvalue weighted by Gasteiger charge is -2.36. The second kappa shape index (κ2) is 15.5. The van der Waals surface area contributed by atoms with Gasteiger partial charge in [-0.1, -0.05) is 0 Å². The normalized spacial score (nSPS) is 13.9. The largest absolute Gasteiger partial charge is 0.490 e. The quantitative estimate of drug-likeness (QED) is 0.102. The molecule has 0 spiro atoms. The molecule has 0 bridgehead atoms.